The first-order valence-corrected chi connectivity index (χ1v) is 8.87. The van der Waals surface area contributed by atoms with Gasteiger partial charge in [-0.3, -0.25) is 24.6 Å². The van der Waals surface area contributed by atoms with Gasteiger partial charge in [-0.1, -0.05) is 42.5 Å². The number of hydrogen-bond acceptors (Lipinski definition) is 7. The second kappa shape index (κ2) is 7.55. The second-order valence-electron chi connectivity index (χ2n) is 6.40. The van der Waals surface area contributed by atoms with E-state index in [1.54, 1.807) is 36.4 Å². The standard InChI is InChI=1S/C21H14N4O5/c26-18(13-7-2-1-3-8-13)16-17(14-9-4-5-10-15(14)25(29)30)24(20(28)19(16)27)21-22-11-6-12-23-21/h1-12,17,26H/t17-/m1/s1. The number of anilines is 1. The van der Waals surface area contributed by atoms with E-state index in [1.165, 1.54) is 36.7 Å². The lowest BCUT2D eigenvalue weighted by Crippen LogP contribution is -2.31. The molecule has 2 heterocycles. The van der Waals surface area contributed by atoms with Crippen LogP contribution in [0.4, 0.5) is 11.6 Å². The van der Waals surface area contributed by atoms with Gasteiger partial charge in [-0.2, -0.15) is 0 Å². The minimum absolute atomic E-state index is 0.0617. The summed E-state index contributed by atoms with van der Waals surface area (Å²) in [6.07, 6.45) is 2.77. The van der Waals surface area contributed by atoms with Gasteiger partial charge in [0.1, 0.15) is 11.8 Å². The number of aromatic nitrogens is 2. The molecular weight excluding hydrogens is 388 g/mol. The fraction of sp³-hybridized carbons (Fsp3) is 0.0476. The molecule has 1 saturated heterocycles. The minimum atomic E-state index is -1.27. The average Bonchev–Trinajstić information content (AvgIpc) is 3.05. The van der Waals surface area contributed by atoms with Crippen molar-refractivity contribution in [3.8, 4) is 0 Å². The van der Waals surface area contributed by atoms with Gasteiger partial charge in [-0.25, -0.2) is 9.97 Å². The van der Waals surface area contributed by atoms with Crippen LogP contribution in [-0.4, -0.2) is 31.7 Å². The van der Waals surface area contributed by atoms with Crippen molar-refractivity contribution in [1.29, 1.82) is 0 Å². The number of carbonyl (C=O) groups excluding carboxylic acids is 2. The number of hydrogen-bond donors (Lipinski definition) is 1. The van der Waals surface area contributed by atoms with Crippen molar-refractivity contribution in [2.24, 2.45) is 0 Å². The summed E-state index contributed by atoms with van der Waals surface area (Å²) in [5, 5.41) is 22.5. The van der Waals surface area contributed by atoms with Crippen molar-refractivity contribution in [3.05, 3.63) is 99.9 Å². The van der Waals surface area contributed by atoms with Gasteiger partial charge >= 0.3 is 5.91 Å². The summed E-state index contributed by atoms with van der Waals surface area (Å²) in [5.41, 5.74) is -0.211. The number of nitrogens with zero attached hydrogens (tertiary/aromatic N) is 4. The normalized spacial score (nSPS) is 17.9. The quantitative estimate of drug-likeness (QED) is 0.234. The highest BCUT2D eigenvalue weighted by atomic mass is 16.6. The van der Waals surface area contributed by atoms with Crippen LogP contribution < -0.4 is 4.90 Å². The maximum atomic E-state index is 12.9. The predicted octanol–water partition coefficient (Wildman–Crippen LogP) is 3.01. The lowest BCUT2D eigenvalue weighted by molar-refractivity contribution is -0.385. The Hall–Kier alpha value is -4.40. The van der Waals surface area contributed by atoms with Crippen molar-refractivity contribution >= 4 is 29.1 Å². The van der Waals surface area contributed by atoms with Gasteiger partial charge in [0.15, 0.2) is 0 Å². The minimum Gasteiger partial charge on any atom is -0.507 e. The Kier molecular flexibility index (Phi) is 4.77. The Morgan fingerprint density at radius 2 is 1.60 bits per heavy atom. The first-order chi connectivity index (χ1) is 14.5. The molecule has 0 aliphatic carbocycles. The average molecular weight is 402 g/mol. The number of benzene rings is 2. The number of carbonyl (C=O) groups is 2. The molecule has 148 valence electrons. The summed E-state index contributed by atoms with van der Waals surface area (Å²) in [4.78, 5) is 45.9. The molecule has 1 aliphatic rings. The van der Waals surface area contributed by atoms with Crippen LogP contribution in [-0.2, 0) is 9.59 Å². The van der Waals surface area contributed by atoms with E-state index in [2.05, 4.69) is 9.97 Å². The van der Waals surface area contributed by atoms with Crippen LogP contribution in [0.5, 0.6) is 0 Å². The summed E-state index contributed by atoms with van der Waals surface area (Å²) in [5.74, 6) is -2.50. The fourth-order valence-corrected chi connectivity index (χ4v) is 3.39. The highest BCUT2D eigenvalue weighted by Gasteiger charge is 2.49. The zero-order chi connectivity index (χ0) is 21.3. The molecule has 3 aromatic rings. The molecule has 0 spiro atoms. The molecule has 2 aromatic carbocycles. The van der Waals surface area contributed by atoms with E-state index in [9.17, 15) is 24.8 Å². The smallest absolute Gasteiger partial charge is 0.302 e. The molecule has 0 radical (unpaired) electrons. The first-order valence-electron chi connectivity index (χ1n) is 8.87. The second-order valence-corrected chi connectivity index (χ2v) is 6.40. The number of nitro benzene ring substituents is 1. The van der Waals surface area contributed by atoms with Crippen LogP contribution in [0.2, 0.25) is 0 Å². The molecule has 0 saturated carbocycles. The Bertz CT molecular complexity index is 1180. The Morgan fingerprint density at radius 1 is 0.967 bits per heavy atom. The third-order valence-corrected chi connectivity index (χ3v) is 4.69. The van der Waals surface area contributed by atoms with Crippen molar-refractivity contribution in [2.75, 3.05) is 4.90 Å². The molecular formula is C21H14N4O5. The van der Waals surface area contributed by atoms with Gasteiger partial charge in [0, 0.05) is 24.0 Å². The van der Waals surface area contributed by atoms with Crippen LogP contribution in [0, 0.1) is 10.1 Å². The summed E-state index contributed by atoms with van der Waals surface area (Å²) < 4.78 is 0. The molecule has 1 atom stereocenters. The number of amides is 1. The first kappa shape index (κ1) is 18.9. The maximum Gasteiger partial charge on any atom is 0.302 e. The van der Waals surface area contributed by atoms with Gasteiger partial charge in [0.2, 0.25) is 5.95 Å². The highest BCUT2D eigenvalue weighted by molar-refractivity contribution is 6.51. The Morgan fingerprint density at radius 3 is 2.27 bits per heavy atom. The number of Topliss-reactive ketones (excluding diaryl/α,β-unsaturated/α-hetero) is 1. The molecule has 4 rings (SSSR count). The third kappa shape index (κ3) is 3.08. The van der Waals surface area contributed by atoms with Gasteiger partial charge in [-0.05, 0) is 12.1 Å². The fourth-order valence-electron chi connectivity index (χ4n) is 3.39. The van der Waals surface area contributed by atoms with Gasteiger partial charge < -0.3 is 5.11 Å². The monoisotopic (exact) mass is 402 g/mol. The number of aliphatic hydroxyl groups is 1. The van der Waals surface area contributed by atoms with Crippen LogP contribution in [0.25, 0.3) is 5.76 Å². The largest absolute Gasteiger partial charge is 0.507 e. The third-order valence-electron chi connectivity index (χ3n) is 4.69. The van der Waals surface area contributed by atoms with Crippen molar-refractivity contribution in [1.82, 2.24) is 9.97 Å². The summed E-state index contributed by atoms with van der Waals surface area (Å²) in [7, 11) is 0. The maximum absolute atomic E-state index is 12.9. The predicted molar refractivity (Wildman–Crippen MR) is 106 cm³/mol. The van der Waals surface area contributed by atoms with Gasteiger partial charge in [-0.15, -0.1) is 0 Å². The van der Waals surface area contributed by atoms with E-state index in [-0.39, 0.29) is 22.8 Å². The molecule has 0 bridgehead atoms. The Labute approximate surface area is 170 Å². The zero-order valence-electron chi connectivity index (χ0n) is 15.4. The van der Waals surface area contributed by atoms with Crippen LogP contribution in [0.1, 0.15) is 17.2 Å². The van der Waals surface area contributed by atoms with E-state index in [0.29, 0.717) is 5.56 Å². The van der Waals surface area contributed by atoms with Crippen molar-refractivity contribution in [3.63, 3.8) is 0 Å². The van der Waals surface area contributed by atoms with E-state index >= 15 is 0 Å². The van der Waals surface area contributed by atoms with Crippen molar-refractivity contribution < 1.29 is 19.6 Å². The lowest BCUT2D eigenvalue weighted by atomic mass is 9.94. The Balaban J connectivity index is 2.02. The SMILES string of the molecule is O=C1C(=O)N(c2ncccn2)[C@H](c2ccccc2[N+](=O)[O-])C1=C(O)c1ccccc1. The summed E-state index contributed by atoms with van der Waals surface area (Å²) in [6.45, 7) is 0. The molecule has 1 aromatic heterocycles. The van der Waals surface area contributed by atoms with Crippen molar-refractivity contribution in [2.45, 2.75) is 6.04 Å². The molecule has 9 nitrogen and oxygen atoms in total. The van der Waals surface area contributed by atoms with Crippen LogP contribution in [0.15, 0.2) is 78.6 Å². The number of aliphatic hydroxyl groups excluding tert-OH is 1. The van der Waals surface area contributed by atoms with Gasteiger partial charge in [0.25, 0.3) is 11.5 Å². The number of rotatable bonds is 4. The molecule has 9 heteroatoms. The van der Waals surface area contributed by atoms with E-state index < -0.39 is 28.4 Å². The topological polar surface area (TPSA) is 127 Å². The number of ketones is 1. The van der Waals surface area contributed by atoms with E-state index in [1.807, 2.05) is 0 Å². The van der Waals surface area contributed by atoms with Crippen LogP contribution >= 0.6 is 0 Å². The molecule has 1 aliphatic heterocycles. The van der Waals surface area contributed by atoms with E-state index in [0.717, 1.165) is 4.90 Å². The van der Waals surface area contributed by atoms with Crippen LogP contribution in [0.3, 0.4) is 0 Å². The molecule has 1 amide bonds. The summed E-state index contributed by atoms with van der Waals surface area (Å²) in [6, 6.07) is 14.2. The number of para-hydroxylation sites is 1. The van der Waals surface area contributed by atoms with Gasteiger partial charge in [0.05, 0.1) is 16.1 Å². The molecule has 1 fully saturated rings. The highest BCUT2D eigenvalue weighted by Crippen LogP contribution is 2.43. The lowest BCUT2D eigenvalue weighted by Gasteiger charge is -2.23. The van der Waals surface area contributed by atoms with E-state index in [4.69, 9.17) is 0 Å². The molecule has 0 unspecified atom stereocenters. The molecule has 30 heavy (non-hydrogen) atoms. The molecule has 1 N–H and O–H groups in total. The number of nitro groups is 1. The summed E-state index contributed by atoms with van der Waals surface area (Å²) >= 11 is 0. The zero-order valence-corrected chi connectivity index (χ0v) is 15.4.